The largest absolute Gasteiger partial charge is 0.370 e. The number of imidazole rings is 1. The zero-order chi connectivity index (χ0) is 17.9. The van der Waals surface area contributed by atoms with Crippen LogP contribution in [0.25, 0.3) is 5.65 Å². The van der Waals surface area contributed by atoms with Crippen LogP contribution in [0.2, 0.25) is 0 Å². The molecule has 0 radical (unpaired) electrons. The molecular formula is C20H22N4O2. The van der Waals surface area contributed by atoms with Gasteiger partial charge in [0.05, 0.1) is 29.7 Å². The zero-order valence-corrected chi connectivity index (χ0v) is 14.8. The van der Waals surface area contributed by atoms with Crippen LogP contribution in [0.3, 0.4) is 0 Å². The minimum atomic E-state index is 0.0457. The molecule has 1 unspecified atom stereocenters. The first-order valence-electron chi connectivity index (χ1n) is 8.95. The Balaban J connectivity index is 1.41. The highest BCUT2D eigenvalue weighted by atomic mass is 16.5. The second-order valence-corrected chi connectivity index (χ2v) is 6.71. The molecule has 1 amide bonds. The van der Waals surface area contributed by atoms with Crippen LogP contribution in [0.4, 0.5) is 0 Å². The molecule has 26 heavy (non-hydrogen) atoms. The number of amides is 1. The highest BCUT2D eigenvalue weighted by Gasteiger charge is 2.25. The van der Waals surface area contributed by atoms with Crippen molar-refractivity contribution >= 4 is 11.6 Å². The summed E-state index contributed by atoms with van der Waals surface area (Å²) in [6, 6.07) is 9.54. The first kappa shape index (κ1) is 16.7. The molecule has 6 nitrogen and oxygen atoms in total. The van der Waals surface area contributed by atoms with Crippen molar-refractivity contribution in [2.45, 2.75) is 32.5 Å². The molecule has 134 valence electrons. The number of carbonyl (C=O) groups is 1. The van der Waals surface area contributed by atoms with E-state index in [2.05, 4.69) is 9.97 Å². The molecule has 0 saturated carbocycles. The van der Waals surface area contributed by atoms with E-state index in [9.17, 15) is 4.79 Å². The van der Waals surface area contributed by atoms with Gasteiger partial charge in [0.2, 0.25) is 0 Å². The molecule has 1 saturated heterocycles. The van der Waals surface area contributed by atoms with Gasteiger partial charge < -0.3 is 14.0 Å². The number of aromatic nitrogens is 3. The summed E-state index contributed by atoms with van der Waals surface area (Å²) in [5, 5.41) is 0. The average Bonchev–Trinajstić information content (AvgIpc) is 3.06. The van der Waals surface area contributed by atoms with Gasteiger partial charge in [0.15, 0.2) is 0 Å². The quantitative estimate of drug-likeness (QED) is 0.726. The van der Waals surface area contributed by atoms with Gasteiger partial charge in [-0.05, 0) is 44.0 Å². The first-order valence-corrected chi connectivity index (χ1v) is 8.95. The maximum Gasteiger partial charge on any atom is 0.255 e. The number of hydrogen-bond donors (Lipinski definition) is 0. The van der Waals surface area contributed by atoms with Crippen LogP contribution in [0, 0.1) is 6.92 Å². The number of rotatable bonds is 4. The monoisotopic (exact) mass is 350 g/mol. The normalized spacial score (nSPS) is 17.6. The van der Waals surface area contributed by atoms with Crippen molar-refractivity contribution in [2.24, 2.45) is 0 Å². The van der Waals surface area contributed by atoms with Gasteiger partial charge >= 0.3 is 0 Å². The number of aryl methyl sites for hydroxylation is 1. The SMILES string of the molecule is Cc1cn2cc(C(=O)N3CCCC(OCc4ccccn4)C3)ccc2n1. The maximum atomic E-state index is 12.9. The van der Waals surface area contributed by atoms with Gasteiger partial charge in [0, 0.05) is 31.7 Å². The van der Waals surface area contributed by atoms with Gasteiger partial charge in [-0.3, -0.25) is 9.78 Å². The van der Waals surface area contributed by atoms with Crippen LogP contribution in [-0.4, -0.2) is 44.4 Å². The molecule has 1 aliphatic rings. The fourth-order valence-electron chi connectivity index (χ4n) is 3.37. The number of likely N-dealkylation sites (tertiary alicyclic amines) is 1. The lowest BCUT2D eigenvalue weighted by atomic mass is 10.1. The van der Waals surface area contributed by atoms with Gasteiger partial charge in [0.1, 0.15) is 5.65 Å². The van der Waals surface area contributed by atoms with E-state index in [0.717, 1.165) is 36.4 Å². The lowest BCUT2D eigenvalue weighted by molar-refractivity contribution is -0.00786. The highest BCUT2D eigenvalue weighted by molar-refractivity contribution is 5.94. The van der Waals surface area contributed by atoms with Crippen LogP contribution in [0.15, 0.2) is 48.9 Å². The van der Waals surface area contributed by atoms with Crippen molar-refractivity contribution in [1.29, 1.82) is 0 Å². The van der Waals surface area contributed by atoms with E-state index in [1.807, 2.05) is 58.9 Å². The van der Waals surface area contributed by atoms with Gasteiger partial charge in [-0.2, -0.15) is 0 Å². The third-order valence-electron chi connectivity index (χ3n) is 4.68. The number of piperidine rings is 1. The van der Waals surface area contributed by atoms with E-state index < -0.39 is 0 Å². The predicted molar refractivity (Wildman–Crippen MR) is 97.9 cm³/mol. The smallest absolute Gasteiger partial charge is 0.255 e. The van der Waals surface area contributed by atoms with E-state index in [1.54, 1.807) is 6.20 Å². The van der Waals surface area contributed by atoms with Crippen LogP contribution in [-0.2, 0) is 11.3 Å². The van der Waals surface area contributed by atoms with Gasteiger partial charge in [-0.15, -0.1) is 0 Å². The molecule has 3 aromatic heterocycles. The van der Waals surface area contributed by atoms with Gasteiger partial charge in [-0.1, -0.05) is 6.07 Å². The highest BCUT2D eigenvalue weighted by Crippen LogP contribution is 2.18. The van der Waals surface area contributed by atoms with Crippen molar-refractivity contribution in [3.63, 3.8) is 0 Å². The van der Waals surface area contributed by atoms with Gasteiger partial charge in [0.25, 0.3) is 5.91 Å². The first-order chi connectivity index (χ1) is 12.7. The molecule has 4 rings (SSSR count). The van der Waals surface area contributed by atoms with Crippen LogP contribution >= 0.6 is 0 Å². The summed E-state index contributed by atoms with van der Waals surface area (Å²) >= 11 is 0. The predicted octanol–water partition coefficient (Wildman–Crippen LogP) is 2.86. The van der Waals surface area contributed by atoms with Crippen LogP contribution in [0.5, 0.6) is 0 Å². The molecule has 0 aromatic carbocycles. The van der Waals surface area contributed by atoms with Crippen molar-refractivity contribution in [3.05, 3.63) is 65.9 Å². The number of fused-ring (bicyclic) bond motifs is 1. The minimum absolute atomic E-state index is 0.0457. The molecule has 1 atom stereocenters. The Morgan fingerprint density at radius 3 is 3.04 bits per heavy atom. The third-order valence-corrected chi connectivity index (χ3v) is 4.68. The van der Waals surface area contributed by atoms with Crippen molar-refractivity contribution in [1.82, 2.24) is 19.3 Å². The second kappa shape index (κ2) is 7.25. The number of pyridine rings is 2. The van der Waals surface area contributed by atoms with E-state index >= 15 is 0 Å². The van der Waals surface area contributed by atoms with Gasteiger partial charge in [-0.25, -0.2) is 4.98 Å². The van der Waals surface area contributed by atoms with Crippen molar-refractivity contribution < 1.29 is 9.53 Å². The number of hydrogen-bond acceptors (Lipinski definition) is 4. The Hall–Kier alpha value is -2.73. The molecule has 0 N–H and O–H groups in total. The summed E-state index contributed by atoms with van der Waals surface area (Å²) in [7, 11) is 0. The summed E-state index contributed by atoms with van der Waals surface area (Å²) in [5.41, 5.74) is 3.39. The number of nitrogens with zero attached hydrogens (tertiary/aromatic N) is 4. The van der Waals surface area contributed by atoms with Crippen LogP contribution < -0.4 is 0 Å². The van der Waals surface area contributed by atoms with E-state index in [4.69, 9.17) is 4.74 Å². The topological polar surface area (TPSA) is 59.7 Å². The average molecular weight is 350 g/mol. The molecule has 0 spiro atoms. The number of carbonyl (C=O) groups excluding carboxylic acids is 1. The zero-order valence-electron chi connectivity index (χ0n) is 14.8. The summed E-state index contributed by atoms with van der Waals surface area (Å²) in [6.07, 6.45) is 7.52. The maximum absolute atomic E-state index is 12.9. The van der Waals surface area contributed by atoms with E-state index in [0.29, 0.717) is 18.7 Å². The Morgan fingerprint density at radius 2 is 2.19 bits per heavy atom. The molecule has 3 aromatic rings. The van der Waals surface area contributed by atoms with Crippen LogP contribution in [0.1, 0.15) is 34.6 Å². The summed E-state index contributed by atoms with van der Waals surface area (Å²) in [4.78, 5) is 23.5. The van der Waals surface area contributed by atoms with Crippen molar-refractivity contribution in [2.75, 3.05) is 13.1 Å². The molecule has 0 bridgehead atoms. The standard InChI is InChI=1S/C20H22N4O2/c1-15-11-24-12-16(7-8-19(24)22-15)20(25)23-10-4-6-18(13-23)26-14-17-5-2-3-9-21-17/h2-3,5,7-9,11-12,18H,4,6,10,13-14H2,1H3. The molecule has 1 fully saturated rings. The summed E-state index contributed by atoms with van der Waals surface area (Å²) in [5.74, 6) is 0.0457. The molecule has 0 aliphatic carbocycles. The third kappa shape index (κ3) is 3.60. The fraction of sp³-hybridized carbons (Fsp3) is 0.350. The molecule has 4 heterocycles. The Morgan fingerprint density at radius 1 is 1.27 bits per heavy atom. The summed E-state index contributed by atoms with van der Waals surface area (Å²) in [6.45, 7) is 3.81. The second-order valence-electron chi connectivity index (χ2n) is 6.71. The van der Waals surface area contributed by atoms with E-state index in [-0.39, 0.29) is 12.0 Å². The number of ether oxygens (including phenoxy) is 1. The Labute approximate surface area is 152 Å². The lowest BCUT2D eigenvalue weighted by Crippen LogP contribution is -2.43. The molecule has 6 heteroatoms. The minimum Gasteiger partial charge on any atom is -0.370 e. The molecular weight excluding hydrogens is 328 g/mol. The Kier molecular flexibility index (Phi) is 4.67. The summed E-state index contributed by atoms with van der Waals surface area (Å²) < 4.78 is 7.89. The van der Waals surface area contributed by atoms with Crippen molar-refractivity contribution in [3.8, 4) is 0 Å². The fourth-order valence-corrected chi connectivity index (χ4v) is 3.37. The van der Waals surface area contributed by atoms with E-state index in [1.165, 1.54) is 0 Å². The lowest BCUT2D eigenvalue weighted by Gasteiger charge is -2.32. The Bertz CT molecular complexity index is 907. The molecule has 1 aliphatic heterocycles.